The van der Waals surface area contributed by atoms with Gasteiger partial charge in [-0.3, -0.25) is 0 Å². The third-order valence-electron chi connectivity index (χ3n) is 1.95. The second-order valence-electron chi connectivity index (χ2n) is 4.09. The predicted molar refractivity (Wildman–Crippen MR) is 46.4 cm³/mol. The number of hydrogen-bond donors (Lipinski definition) is 1. The van der Waals surface area contributed by atoms with Crippen LogP contribution in [0, 0.1) is 0 Å². The third-order valence-corrected chi connectivity index (χ3v) is 4.15. The maximum atomic E-state index is 9.36. The van der Waals surface area contributed by atoms with E-state index in [0.717, 1.165) is 3.07 Å². The van der Waals surface area contributed by atoms with Crippen molar-refractivity contribution in [2.24, 2.45) is 0 Å². The standard InChI is InChI=1S/C10H13O.Hg/c1-10(2,3)8-4-6-9(11)7-5-8;/h4-6,11H,1-3H3;/q;+1. The number of rotatable bonds is 0. The van der Waals surface area contributed by atoms with E-state index in [1.807, 2.05) is 12.1 Å². The molecule has 0 spiro atoms. The average Bonchev–Trinajstić information content (AvgIpc) is 1.92. The van der Waals surface area contributed by atoms with Gasteiger partial charge in [0, 0.05) is 0 Å². The summed E-state index contributed by atoms with van der Waals surface area (Å²) in [6, 6.07) is 5.94. The van der Waals surface area contributed by atoms with Gasteiger partial charge in [-0.05, 0) is 0 Å². The van der Waals surface area contributed by atoms with Crippen LogP contribution in [0.5, 0.6) is 5.75 Å². The molecule has 0 aromatic heterocycles. The number of hydrogen-bond acceptors (Lipinski definition) is 1. The van der Waals surface area contributed by atoms with E-state index in [0.29, 0.717) is 31.9 Å². The Kier molecular flexibility index (Phi) is 2.82. The zero-order valence-corrected chi connectivity index (χ0v) is 13.4. The van der Waals surface area contributed by atoms with E-state index in [2.05, 4.69) is 26.8 Å². The Bertz CT molecular complexity index is 286. The Balaban J connectivity index is 3.14. The summed E-state index contributed by atoms with van der Waals surface area (Å²) in [4.78, 5) is 0. The molecule has 0 amide bonds. The van der Waals surface area contributed by atoms with Crippen LogP contribution in [-0.2, 0) is 31.5 Å². The summed E-state index contributed by atoms with van der Waals surface area (Å²) >= 11 is 0.503. The molecule has 0 atom stereocenters. The summed E-state index contributed by atoms with van der Waals surface area (Å²) in [5.74, 6) is 0.464. The quantitative estimate of drug-likeness (QED) is 0.709. The first-order chi connectivity index (χ1) is 5.41. The Hall–Kier alpha value is -0.0449. The summed E-state index contributed by atoms with van der Waals surface area (Å²) in [5, 5.41) is 9.36. The van der Waals surface area contributed by atoms with Crippen molar-refractivity contribution in [3.8, 4) is 5.75 Å². The topological polar surface area (TPSA) is 20.2 Å². The van der Waals surface area contributed by atoms with Crippen molar-refractivity contribution in [2.75, 3.05) is 0 Å². The maximum absolute atomic E-state index is 9.36. The molecule has 0 bridgehead atoms. The molecule has 1 aromatic rings. The van der Waals surface area contributed by atoms with Gasteiger partial charge in [-0.25, -0.2) is 0 Å². The van der Waals surface area contributed by atoms with Gasteiger partial charge in [0.15, 0.2) is 0 Å². The molecule has 0 heterocycles. The Morgan fingerprint density at radius 1 is 1.25 bits per heavy atom. The predicted octanol–water partition coefficient (Wildman–Crippen LogP) is 1.86. The van der Waals surface area contributed by atoms with Gasteiger partial charge in [0.2, 0.25) is 0 Å². The molecule has 2 heteroatoms. The summed E-state index contributed by atoms with van der Waals surface area (Å²) < 4.78 is 1.14. The van der Waals surface area contributed by atoms with Gasteiger partial charge in [-0.15, -0.1) is 0 Å². The number of phenolic OH excluding ortho intramolecular Hbond substituents is 1. The molecular weight excluding hydrogens is 337 g/mol. The molecule has 60 valence electrons. The fourth-order valence-corrected chi connectivity index (χ4v) is 2.37. The van der Waals surface area contributed by atoms with Crippen LogP contribution in [0.15, 0.2) is 18.2 Å². The van der Waals surface area contributed by atoms with E-state index in [-0.39, 0.29) is 5.41 Å². The van der Waals surface area contributed by atoms with Crippen LogP contribution in [-0.4, -0.2) is 5.11 Å². The molecule has 0 fully saturated rings. The average molecular weight is 350 g/mol. The minimum atomic E-state index is 0.196. The fourth-order valence-electron chi connectivity index (χ4n) is 1.05. The molecule has 1 aromatic carbocycles. The monoisotopic (exact) mass is 351 g/mol. The molecule has 1 N–H and O–H groups in total. The van der Waals surface area contributed by atoms with Crippen molar-refractivity contribution in [2.45, 2.75) is 26.2 Å². The van der Waals surface area contributed by atoms with E-state index >= 15 is 0 Å². The molecule has 0 aliphatic rings. The number of benzene rings is 1. The van der Waals surface area contributed by atoms with Crippen LogP contribution in [0.2, 0.25) is 0 Å². The molecule has 0 saturated heterocycles. The van der Waals surface area contributed by atoms with E-state index in [9.17, 15) is 5.11 Å². The summed E-state index contributed by atoms with van der Waals surface area (Å²) in [6.45, 7) is 6.56. The third kappa shape index (κ3) is 2.22. The first kappa shape index (κ1) is 10.0. The second kappa shape index (κ2) is 3.37. The van der Waals surface area contributed by atoms with E-state index in [1.54, 1.807) is 0 Å². The van der Waals surface area contributed by atoms with Crippen LogP contribution in [0.1, 0.15) is 26.3 Å². The van der Waals surface area contributed by atoms with Gasteiger partial charge in [0.25, 0.3) is 0 Å². The number of aromatic hydroxyl groups is 1. The van der Waals surface area contributed by atoms with Crippen molar-refractivity contribution in [1.82, 2.24) is 0 Å². The van der Waals surface area contributed by atoms with E-state index in [4.69, 9.17) is 0 Å². The molecule has 0 radical (unpaired) electrons. The van der Waals surface area contributed by atoms with Gasteiger partial charge < -0.3 is 0 Å². The number of phenols is 1. The minimum absolute atomic E-state index is 0.196. The fraction of sp³-hybridized carbons (Fsp3) is 0.400. The van der Waals surface area contributed by atoms with Crippen molar-refractivity contribution in [3.05, 3.63) is 23.8 Å². The second-order valence-corrected chi connectivity index (χ2v) is 7.05. The van der Waals surface area contributed by atoms with Crippen LogP contribution < -0.4 is 3.07 Å². The Morgan fingerprint density at radius 2 is 1.83 bits per heavy atom. The van der Waals surface area contributed by atoms with Crippen molar-refractivity contribution >= 4 is 3.07 Å². The molecule has 0 aliphatic carbocycles. The van der Waals surface area contributed by atoms with E-state index < -0.39 is 0 Å². The van der Waals surface area contributed by atoms with Crippen LogP contribution >= 0.6 is 0 Å². The Morgan fingerprint density at radius 3 is 2.25 bits per heavy atom. The molecule has 1 nitrogen and oxygen atoms in total. The zero-order chi connectivity index (χ0) is 9.35. The summed E-state index contributed by atoms with van der Waals surface area (Å²) in [7, 11) is 0. The normalized spacial score (nSPS) is 11.8. The van der Waals surface area contributed by atoms with Crippen LogP contribution in [0.25, 0.3) is 0 Å². The van der Waals surface area contributed by atoms with Gasteiger partial charge in [-0.1, -0.05) is 0 Å². The molecule has 0 unspecified atom stereocenters. The molecule has 1 rings (SSSR count). The molecule has 0 saturated carbocycles. The SMILES string of the molecule is CC(C)(C)c1ccc(O)[c]([Hg+])c1. The van der Waals surface area contributed by atoms with Gasteiger partial charge in [-0.2, -0.15) is 0 Å². The van der Waals surface area contributed by atoms with Gasteiger partial charge >= 0.3 is 90.0 Å². The van der Waals surface area contributed by atoms with Crippen molar-refractivity contribution in [1.29, 1.82) is 0 Å². The van der Waals surface area contributed by atoms with Crippen molar-refractivity contribution in [3.63, 3.8) is 0 Å². The molecule has 0 aliphatic heterocycles. The first-order valence-corrected chi connectivity index (χ1v) is 6.81. The molecule has 12 heavy (non-hydrogen) atoms. The summed E-state index contributed by atoms with van der Waals surface area (Å²) in [6.07, 6.45) is 0. The molecular formula is C10H13HgO+. The van der Waals surface area contributed by atoms with Crippen LogP contribution in [0.3, 0.4) is 0 Å². The van der Waals surface area contributed by atoms with E-state index in [1.165, 1.54) is 5.56 Å². The van der Waals surface area contributed by atoms with Gasteiger partial charge in [0.05, 0.1) is 0 Å². The Labute approximate surface area is 89.8 Å². The van der Waals surface area contributed by atoms with Crippen LogP contribution in [0.4, 0.5) is 0 Å². The summed E-state index contributed by atoms with van der Waals surface area (Å²) in [5.41, 5.74) is 1.51. The van der Waals surface area contributed by atoms with Crippen molar-refractivity contribution < 1.29 is 31.2 Å². The first-order valence-electron chi connectivity index (χ1n) is 4.07. The van der Waals surface area contributed by atoms with Gasteiger partial charge in [0.1, 0.15) is 0 Å². The zero-order valence-electron chi connectivity index (χ0n) is 7.89.